The molecular weight excluding hydrogens is 252 g/mol. The topological polar surface area (TPSA) is 63.8 Å². The van der Waals surface area contributed by atoms with Crippen LogP contribution < -0.4 is 5.32 Å². The molecule has 0 spiro atoms. The van der Waals surface area contributed by atoms with Crippen LogP contribution >= 0.6 is 0 Å². The lowest BCUT2D eigenvalue weighted by molar-refractivity contribution is 0.324. The molecule has 0 unspecified atom stereocenters. The summed E-state index contributed by atoms with van der Waals surface area (Å²) >= 11 is 0. The molecule has 0 atom stereocenters. The van der Waals surface area contributed by atoms with Gasteiger partial charge in [0.05, 0.1) is 0 Å². The molecule has 1 fully saturated rings. The minimum Gasteiger partial charge on any atom is -0.339 e. The SMILES string of the molecule is Cc1cccc(-c2noc(CCC3CCNCC3)n2)n1. The Morgan fingerprint density at radius 2 is 2.10 bits per heavy atom. The van der Waals surface area contributed by atoms with Gasteiger partial charge in [0, 0.05) is 12.1 Å². The first kappa shape index (κ1) is 13.2. The number of nitrogens with one attached hydrogen (secondary N) is 1. The van der Waals surface area contributed by atoms with Gasteiger partial charge in [-0.1, -0.05) is 11.2 Å². The summed E-state index contributed by atoms with van der Waals surface area (Å²) in [7, 11) is 0. The van der Waals surface area contributed by atoms with Crippen LogP contribution in [-0.2, 0) is 6.42 Å². The monoisotopic (exact) mass is 272 g/mol. The Balaban J connectivity index is 1.61. The van der Waals surface area contributed by atoms with Crippen LogP contribution in [0, 0.1) is 12.8 Å². The maximum Gasteiger partial charge on any atom is 0.227 e. The number of hydrogen-bond donors (Lipinski definition) is 1. The first-order valence-electron chi connectivity index (χ1n) is 7.28. The van der Waals surface area contributed by atoms with Crippen molar-refractivity contribution in [1.29, 1.82) is 0 Å². The van der Waals surface area contributed by atoms with Gasteiger partial charge in [-0.15, -0.1) is 0 Å². The van der Waals surface area contributed by atoms with Crippen LogP contribution in [0.2, 0.25) is 0 Å². The lowest BCUT2D eigenvalue weighted by Gasteiger charge is -2.21. The molecule has 0 saturated carbocycles. The Bertz CT molecular complexity index is 561. The molecule has 0 aliphatic carbocycles. The largest absolute Gasteiger partial charge is 0.339 e. The zero-order chi connectivity index (χ0) is 13.8. The van der Waals surface area contributed by atoms with Crippen molar-refractivity contribution >= 4 is 0 Å². The van der Waals surface area contributed by atoms with Crippen molar-refractivity contribution in [1.82, 2.24) is 20.4 Å². The summed E-state index contributed by atoms with van der Waals surface area (Å²) in [5, 5.41) is 7.41. The van der Waals surface area contributed by atoms with Gasteiger partial charge in [0.1, 0.15) is 5.69 Å². The first-order valence-corrected chi connectivity index (χ1v) is 7.28. The molecule has 1 aliphatic heterocycles. The summed E-state index contributed by atoms with van der Waals surface area (Å²) in [5.41, 5.74) is 1.74. The van der Waals surface area contributed by atoms with Gasteiger partial charge in [-0.2, -0.15) is 4.98 Å². The molecule has 5 heteroatoms. The van der Waals surface area contributed by atoms with Gasteiger partial charge in [0.2, 0.25) is 11.7 Å². The van der Waals surface area contributed by atoms with Crippen LogP contribution in [0.1, 0.15) is 30.8 Å². The van der Waals surface area contributed by atoms with Gasteiger partial charge in [-0.25, -0.2) is 4.98 Å². The summed E-state index contributed by atoms with van der Waals surface area (Å²) in [4.78, 5) is 8.86. The number of aromatic nitrogens is 3. The molecule has 5 nitrogen and oxygen atoms in total. The van der Waals surface area contributed by atoms with E-state index in [1.54, 1.807) is 0 Å². The fourth-order valence-electron chi connectivity index (χ4n) is 2.63. The maximum absolute atomic E-state index is 5.33. The van der Waals surface area contributed by atoms with Crippen molar-refractivity contribution in [3.05, 3.63) is 29.8 Å². The van der Waals surface area contributed by atoms with E-state index >= 15 is 0 Å². The van der Waals surface area contributed by atoms with Crippen molar-refractivity contribution in [2.45, 2.75) is 32.6 Å². The van der Waals surface area contributed by atoms with Crippen LogP contribution in [0.3, 0.4) is 0 Å². The maximum atomic E-state index is 5.33. The van der Waals surface area contributed by atoms with E-state index in [4.69, 9.17) is 4.52 Å². The Kier molecular flexibility index (Phi) is 4.06. The Labute approximate surface area is 118 Å². The molecule has 1 N–H and O–H groups in total. The summed E-state index contributed by atoms with van der Waals surface area (Å²) in [6.07, 6.45) is 4.49. The molecule has 3 heterocycles. The molecule has 1 saturated heterocycles. The van der Waals surface area contributed by atoms with Crippen LogP contribution in [0.4, 0.5) is 0 Å². The average Bonchev–Trinajstić information content (AvgIpc) is 2.95. The standard InChI is InChI=1S/C15H20N4O/c1-11-3-2-4-13(17-11)15-18-14(20-19-15)6-5-12-7-9-16-10-8-12/h2-4,12,16H,5-10H2,1H3. The fraction of sp³-hybridized carbons (Fsp3) is 0.533. The van der Waals surface area contributed by atoms with E-state index < -0.39 is 0 Å². The van der Waals surface area contributed by atoms with Crippen molar-refractivity contribution in [3.8, 4) is 11.5 Å². The normalized spacial score (nSPS) is 16.4. The first-order chi connectivity index (χ1) is 9.81. The van der Waals surface area contributed by atoms with E-state index in [0.717, 1.165) is 49.1 Å². The highest BCUT2D eigenvalue weighted by Crippen LogP contribution is 2.19. The molecule has 2 aromatic rings. The van der Waals surface area contributed by atoms with Crippen LogP contribution in [0.15, 0.2) is 22.7 Å². The number of aryl methyl sites for hydroxylation is 2. The third kappa shape index (κ3) is 3.22. The lowest BCUT2D eigenvalue weighted by atomic mass is 9.93. The van der Waals surface area contributed by atoms with Gasteiger partial charge in [-0.3, -0.25) is 0 Å². The second-order valence-electron chi connectivity index (χ2n) is 5.41. The molecule has 0 radical (unpaired) electrons. The minimum atomic E-state index is 0.592. The average molecular weight is 272 g/mol. The van der Waals surface area contributed by atoms with Gasteiger partial charge >= 0.3 is 0 Å². The van der Waals surface area contributed by atoms with E-state index in [-0.39, 0.29) is 0 Å². The summed E-state index contributed by atoms with van der Waals surface area (Å²) in [6, 6.07) is 5.83. The van der Waals surface area contributed by atoms with E-state index in [1.807, 2.05) is 25.1 Å². The molecule has 0 aromatic carbocycles. The molecule has 20 heavy (non-hydrogen) atoms. The number of piperidine rings is 1. The highest BCUT2D eigenvalue weighted by molar-refractivity contribution is 5.47. The van der Waals surface area contributed by atoms with Crippen molar-refractivity contribution < 1.29 is 4.52 Å². The number of pyridine rings is 1. The zero-order valence-electron chi connectivity index (χ0n) is 11.8. The molecular formula is C15H20N4O. The van der Waals surface area contributed by atoms with Gasteiger partial charge in [0.25, 0.3) is 0 Å². The predicted molar refractivity (Wildman–Crippen MR) is 76.2 cm³/mol. The zero-order valence-corrected chi connectivity index (χ0v) is 11.8. The Morgan fingerprint density at radius 1 is 1.25 bits per heavy atom. The highest BCUT2D eigenvalue weighted by atomic mass is 16.5. The second-order valence-corrected chi connectivity index (χ2v) is 5.41. The summed E-state index contributed by atoms with van der Waals surface area (Å²) in [5.74, 6) is 2.10. The van der Waals surface area contributed by atoms with Crippen molar-refractivity contribution in [2.75, 3.05) is 13.1 Å². The Morgan fingerprint density at radius 3 is 2.90 bits per heavy atom. The quantitative estimate of drug-likeness (QED) is 0.925. The highest BCUT2D eigenvalue weighted by Gasteiger charge is 2.15. The number of nitrogens with zero attached hydrogens (tertiary/aromatic N) is 3. The summed E-state index contributed by atoms with van der Waals surface area (Å²) < 4.78 is 5.33. The molecule has 0 bridgehead atoms. The molecule has 0 amide bonds. The van der Waals surface area contributed by atoms with Crippen LogP contribution in [-0.4, -0.2) is 28.2 Å². The van der Waals surface area contributed by atoms with Crippen molar-refractivity contribution in [3.63, 3.8) is 0 Å². The smallest absolute Gasteiger partial charge is 0.227 e. The molecule has 3 rings (SSSR count). The van der Waals surface area contributed by atoms with E-state index in [1.165, 1.54) is 12.8 Å². The minimum absolute atomic E-state index is 0.592. The third-order valence-electron chi connectivity index (χ3n) is 3.81. The number of rotatable bonds is 4. The fourth-order valence-corrected chi connectivity index (χ4v) is 2.63. The molecule has 2 aromatic heterocycles. The molecule has 106 valence electrons. The van der Waals surface area contributed by atoms with Gasteiger partial charge in [0.15, 0.2) is 0 Å². The summed E-state index contributed by atoms with van der Waals surface area (Å²) in [6.45, 7) is 4.22. The molecule has 1 aliphatic rings. The predicted octanol–water partition coefficient (Wildman–Crippen LogP) is 2.37. The van der Waals surface area contributed by atoms with E-state index in [0.29, 0.717) is 5.82 Å². The Hall–Kier alpha value is -1.75. The number of hydrogen-bond acceptors (Lipinski definition) is 5. The lowest BCUT2D eigenvalue weighted by Crippen LogP contribution is -2.27. The van der Waals surface area contributed by atoms with Gasteiger partial charge in [-0.05, 0) is 57.3 Å². The van der Waals surface area contributed by atoms with Gasteiger partial charge < -0.3 is 9.84 Å². The van der Waals surface area contributed by atoms with E-state index in [2.05, 4.69) is 20.4 Å². The van der Waals surface area contributed by atoms with Crippen LogP contribution in [0.25, 0.3) is 11.5 Å². The van der Waals surface area contributed by atoms with Crippen LogP contribution in [0.5, 0.6) is 0 Å². The van der Waals surface area contributed by atoms with E-state index in [9.17, 15) is 0 Å². The third-order valence-corrected chi connectivity index (χ3v) is 3.81. The second kappa shape index (κ2) is 6.13. The van der Waals surface area contributed by atoms with Crippen molar-refractivity contribution in [2.24, 2.45) is 5.92 Å².